The molecule has 1 atom stereocenters. The lowest BCUT2D eigenvalue weighted by atomic mass is 9.85. The van der Waals surface area contributed by atoms with Crippen molar-refractivity contribution in [2.45, 2.75) is 64.0 Å². The summed E-state index contributed by atoms with van der Waals surface area (Å²) in [4.78, 5) is 31.2. The van der Waals surface area contributed by atoms with Crippen LogP contribution in [0.4, 0.5) is 10.5 Å². The Labute approximate surface area is 222 Å². The molecule has 1 N–H and O–H groups in total. The summed E-state index contributed by atoms with van der Waals surface area (Å²) in [5.74, 6) is 1.24. The molecule has 3 aromatic rings. The van der Waals surface area contributed by atoms with Crippen molar-refractivity contribution in [2.75, 3.05) is 26.2 Å². The predicted molar refractivity (Wildman–Crippen MR) is 143 cm³/mol. The summed E-state index contributed by atoms with van der Waals surface area (Å²) in [5, 5.41) is 9.53. The minimum absolute atomic E-state index is 0.0343. The number of hydrogen-bond donors (Lipinski definition) is 1. The summed E-state index contributed by atoms with van der Waals surface area (Å²) in [6, 6.07) is 10.1. The van der Waals surface area contributed by atoms with Gasteiger partial charge in [-0.25, -0.2) is 9.78 Å². The van der Waals surface area contributed by atoms with Crippen molar-refractivity contribution >= 4 is 28.8 Å². The van der Waals surface area contributed by atoms with Gasteiger partial charge in [-0.15, -0.1) is 0 Å². The lowest BCUT2D eigenvalue weighted by molar-refractivity contribution is -0.143. The molecule has 5 rings (SSSR count). The minimum atomic E-state index is -0.712. The molecule has 0 spiro atoms. The number of aryl methyl sites for hydroxylation is 1. The molecule has 1 fully saturated rings. The van der Waals surface area contributed by atoms with E-state index in [-0.39, 0.29) is 24.1 Å². The molecule has 1 amide bonds. The maximum atomic E-state index is 12.6. The molecule has 2 heterocycles. The maximum Gasteiger partial charge on any atom is 0.414 e. The summed E-state index contributed by atoms with van der Waals surface area (Å²) in [6.45, 7) is 2.03. The monoisotopic (exact) mass is 521 g/mol. The molecule has 38 heavy (non-hydrogen) atoms. The minimum Gasteiger partial charge on any atom is -0.493 e. The number of ether oxygens (including phenoxy) is 3. The fourth-order valence-electron chi connectivity index (χ4n) is 6.11. The third kappa shape index (κ3) is 4.54. The number of aliphatic carboxylic acids is 1. The molecule has 9 nitrogen and oxygen atoms in total. The standard InChI is InChI=1S/C29H35N3O6/c1-17-5-11-21-22(31(17)29(35)38-4)12-13-23-27(21)30-26(16-18-6-14-24(36-2)25(15-18)37-3)32(23)20-9-7-19(8-10-20)28(33)34/h6,12-15,17,19-20H,5,7-11,16H2,1-4H3,(H,33,34). The SMILES string of the molecule is COC(=O)N1c2ccc3c(nc(Cc4ccc(OC)c(OC)c4)n3C3CCC(C(=O)O)CC3)c2CCC1C. The smallest absolute Gasteiger partial charge is 0.414 e. The van der Waals surface area contributed by atoms with Crippen molar-refractivity contribution in [1.82, 2.24) is 9.55 Å². The zero-order chi connectivity index (χ0) is 27.0. The Hall–Kier alpha value is -3.75. The lowest BCUT2D eigenvalue weighted by Gasteiger charge is -2.34. The third-order valence-electron chi connectivity index (χ3n) is 8.12. The maximum absolute atomic E-state index is 12.6. The Bertz CT molecular complexity index is 1360. The van der Waals surface area contributed by atoms with Gasteiger partial charge in [-0.1, -0.05) is 6.07 Å². The van der Waals surface area contributed by atoms with Crippen LogP contribution < -0.4 is 14.4 Å². The molecule has 1 unspecified atom stereocenters. The lowest BCUT2D eigenvalue weighted by Crippen LogP contribution is -2.42. The van der Waals surface area contributed by atoms with Crippen LogP contribution in [-0.4, -0.2) is 54.1 Å². The van der Waals surface area contributed by atoms with Crippen LogP contribution in [0.2, 0.25) is 0 Å². The van der Waals surface area contributed by atoms with E-state index in [1.54, 1.807) is 19.1 Å². The average molecular weight is 522 g/mol. The molecule has 202 valence electrons. The van der Waals surface area contributed by atoms with Crippen molar-refractivity contribution in [3.8, 4) is 11.5 Å². The number of anilines is 1. The first-order valence-electron chi connectivity index (χ1n) is 13.2. The van der Waals surface area contributed by atoms with Gasteiger partial charge in [-0.3, -0.25) is 9.69 Å². The van der Waals surface area contributed by atoms with Gasteiger partial charge < -0.3 is 23.9 Å². The van der Waals surface area contributed by atoms with Crippen LogP contribution in [0, 0.1) is 5.92 Å². The predicted octanol–water partition coefficient (Wildman–Crippen LogP) is 5.37. The summed E-state index contributed by atoms with van der Waals surface area (Å²) in [6.07, 6.45) is 4.72. The molecular weight excluding hydrogens is 486 g/mol. The number of benzene rings is 2. The summed E-state index contributed by atoms with van der Waals surface area (Å²) < 4.78 is 18.3. The van der Waals surface area contributed by atoms with Crippen molar-refractivity contribution in [3.63, 3.8) is 0 Å². The molecule has 2 aromatic carbocycles. The van der Waals surface area contributed by atoms with Crippen LogP contribution in [0.1, 0.15) is 62.0 Å². The number of amides is 1. The van der Waals surface area contributed by atoms with Gasteiger partial charge in [0.05, 0.1) is 44.0 Å². The number of carbonyl (C=O) groups excluding carboxylic acids is 1. The second kappa shape index (κ2) is 10.6. The van der Waals surface area contributed by atoms with Gasteiger partial charge in [-0.05, 0) is 75.3 Å². The van der Waals surface area contributed by atoms with Crippen LogP contribution in [0.25, 0.3) is 11.0 Å². The highest BCUT2D eigenvalue weighted by atomic mass is 16.5. The van der Waals surface area contributed by atoms with Crippen molar-refractivity contribution in [1.29, 1.82) is 0 Å². The van der Waals surface area contributed by atoms with E-state index in [1.165, 1.54) is 7.11 Å². The van der Waals surface area contributed by atoms with Crippen LogP contribution in [-0.2, 0) is 22.4 Å². The number of aromatic nitrogens is 2. The Morgan fingerprint density at radius 3 is 2.39 bits per heavy atom. The third-order valence-corrected chi connectivity index (χ3v) is 8.12. The highest BCUT2D eigenvalue weighted by Gasteiger charge is 2.33. The van der Waals surface area contributed by atoms with Crippen molar-refractivity contribution < 1.29 is 28.9 Å². The summed E-state index contributed by atoms with van der Waals surface area (Å²) in [7, 11) is 4.65. The number of rotatable bonds is 6. The Kier molecular flexibility index (Phi) is 7.19. The van der Waals surface area contributed by atoms with Crippen LogP contribution in [0.5, 0.6) is 11.5 Å². The van der Waals surface area contributed by atoms with Gasteiger partial charge >= 0.3 is 12.1 Å². The van der Waals surface area contributed by atoms with E-state index in [0.29, 0.717) is 30.8 Å². The normalized spacial score (nSPS) is 21.2. The summed E-state index contributed by atoms with van der Waals surface area (Å²) in [5.41, 5.74) is 4.87. The molecule has 0 radical (unpaired) electrons. The van der Waals surface area contributed by atoms with Gasteiger partial charge in [0.15, 0.2) is 11.5 Å². The second-order valence-corrected chi connectivity index (χ2v) is 10.3. The number of hydrogen-bond acceptors (Lipinski definition) is 6. The highest BCUT2D eigenvalue weighted by Crippen LogP contribution is 2.41. The van der Waals surface area contributed by atoms with Gasteiger partial charge in [0, 0.05) is 24.1 Å². The van der Waals surface area contributed by atoms with E-state index in [4.69, 9.17) is 19.2 Å². The molecular formula is C29H35N3O6. The number of methoxy groups -OCH3 is 3. The van der Waals surface area contributed by atoms with Gasteiger partial charge in [-0.2, -0.15) is 0 Å². The Balaban J connectivity index is 1.61. The first-order chi connectivity index (χ1) is 18.4. The topological polar surface area (TPSA) is 103 Å². The Morgan fingerprint density at radius 2 is 1.74 bits per heavy atom. The van der Waals surface area contributed by atoms with E-state index >= 15 is 0 Å². The van der Waals surface area contributed by atoms with Crippen molar-refractivity contribution in [2.24, 2.45) is 5.92 Å². The first kappa shape index (κ1) is 25.9. The fraction of sp³-hybridized carbons (Fsp3) is 0.483. The number of fused-ring (bicyclic) bond motifs is 3. The number of nitrogens with zero attached hydrogens (tertiary/aromatic N) is 3. The quantitative estimate of drug-likeness (QED) is 0.465. The molecule has 2 aliphatic rings. The number of carboxylic acid groups (broad SMARTS) is 1. The Morgan fingerprint density at radius 1 is 1.00 bits per heavy atom. The van der Waals surface area contributed by atoms with E-state index in [2.05, 4.69) is 10.6 Å². The molecule has 1 saturated carbocycles. The molecule has 0 bridgehead atoms. The molecule has 9 heteroatoms. The summed E-state index contributed by atoms with van der Waals surface area (Å²) >= 11 is 0. The molecule has 1 aliphatic carbocycles. The van der Waals surface area contributed by atoms with E-state index in [1.807, 2.05) is 31.2 Å². The first-order valence-corrected chi connectivity index (χ1v) is 13.2. The van der Waals surface area contributed by atoms with Gasteiger partial charge in [0.25, 0.3) is 0 Å². The molecule has 1 aromatic heterocycles. The number of imidazole rings is 1. The van der Waals surface area contributed by atoms with Crippen molar-refractivity contribution in [3.05, 3.63) is 47.3 Å². The highest BCUT2D eigenvalue weighted by molar-refractivity contribution is 5.95. The zero-order valence-corrected chi connectivity index (χ0v) is 22.4. The largest absolute Gasteiger partial charge is 0.493 e. The van der Waals surface area contributed by atoms with Gasteiger partial charge in [0.1, 0.15) is 5.82 Å². The zero-order valence-electron chi connectivity index (χ0n) is 22.4. The molecule has 0 saturated heterocycles. The van der Waals surface area contributed by atoms with E-state index in [0.717, 1.165) is 59.4 Å². The van der Waals surface area contributed by atoms with Gasteiger partial charge in [0.2, 0.25) is 0 Å². The second-order valence-electron chi connectivity index (χ2n) is 10.3. The van der Waals surface area contributed by atoms with Crippen LogP contribution in [0.3, 0.4) is 0 Å². The average Bonchev–Trinajstić information content (AvgIpc) is 3.30. The number of carbonyl (C=O) groups is 2. The van der Waals surface area contributed by atoms with E-state index < -0.39 is 5.97 Å². The molecule has 1 aliphatic heterocycles. The number of carboxylic acids is 1. The van der Waals surface area contributed by atoms with E-state index in [9.17, 15) is 14.7 Å². The van der Waals surface area contributed by atoms with Crippen LogP contribution in [0.15, 0.2) is 30.3 Å². The van der Waals surface area contributed by atoms with Crippen LogP contribution >= 0.6 is 0 Å². The fourth-order valence-corrected chi connectivity index (χ4v) is 6.11.